The Bertz CT molecular complexity index is 1200. The molecule has 1 aromatic carbocycles. The van der Waals surface area contributed by atoms with E-state index in [1.807, 2.05) is 41.6 Å². The Morgan fingerprint density at radius 3 is 2.91 bits per heavy atom. The van der Waals surface area contributed by atoms with E-state index in [4.69, 9.17) is 14.5 Å². The first-order valence-electron chi connectivity index (χ1n) is 12.1. The van der Waals surface area contributed by atoms with Crippen molar-refractivity contribution in [3.05, 3.63) is 54.4 Å². The van der Waals surface area contributed by atoms with Crippen LogP contribution in [0.25, 0.3) is 22.2 Å². The molecule has 6 rings (SSSR count). The van der Waals surface area contributed by atoms with Crippen LogP contribution in [0, 0.1) is 5.92 Å². The van der Waals surface area contributed by atoms with Crippen molar-refractivity contribution < 1.29 is 14.3 Å². The molecule has 2 aromatic heterocycles. The monoisotopic (exact) mass is 459 g/mol. The van der Waals surface area contributed by atoms with Crippen molar-refractivity contribution in [1.29, 1.82) is 0 Å². The van der Waals surface area contributed by atoms with Gasteiger partial charge in [-0.2, -0.15) is 0 Å². The topological polar surface area (TPSA) is 88.6 Å². The SMILES string of the molecule is O=C(C1CCOCC1)N1CCC(OC2NCNc3ccnc(-c4cnc5ccccc5c4)c32)C1. The maximum absolute atomic E-state index is 13.0. The number of para-hydroxylation sites is 1. The molecule has 2 unspecified atom stereocenters. The van der Waals surface area contributed by atoms with E-state index in [2.05, 4.69) is 27.8 Å². The summed E-state index contributed by atoms with van der Waals surface area (Å²) in [6.07, 6.45) is 5.84. The molecule has 0 aliphatic carbocycles. The van der Waals surface area contributed by atoms with Crippen LogP contribution < -0.4 is 10.6 Å². The van der Waals surface area contributed by atoms with Gasteiger partial charge >= 0.3 is 0 Å². The van der Waals surface area contributed by atoms with E-state index >= 15 is 0 Å². The van der Waals surface area contributed by atoms with Crippen LogP contribution in [-0.2, 0) is 14.3 Å². The molecule has 2 atom stereocenters. The average Bonchev–Trinajstić information content (AvgIpc) is 3.37. The highest BCUT2D eigenvalue weighted by atomic mass is 16.5. The molecule has 0 saturated carbocycles. The minimum atomic E-state index is -0.311. The molecule has 2 saturated heterocycles. The molecular weight excluding hydrogens is 430 g/mol. The summed E-state index contributed by atoms with van der Waals surface area (Å²) >= 11 is 0. The van der Waals surface area contributed by atoms with Gasteiger partial charge in [0.15, 0.2) is 0 Å². The number of nitrogens with zero attached hydrogens (tertiary/aromatic N) is 3. The standard InChI is InChI=1S/C26H29N5O3/c32-26(17-7-11-33-12-8-17)31-10-6-20(15-31)34-25-23-22(29-16-30-25)5-9-27-24(23)19-13-18-3-1-2-4-21(18)28-14-19/h1-5,9,13-14,17,20,25,29-30H,6-8,10-12,15-16H2. The van der Waals surface area contributed by atoms with Gasteiger partial charge in [-0.05, 0) is 37.5 Å². The minimum Gasteiger partial charge on any atom is -0.381 e. The number of fused-ring (bicyclic) bond motifs is 2. The summed E-state index contributed by atoms with van der Waals surface area (Å²) in [5.74, 6) is 0.333. The third-order valence-electron chi connectivity index (χ3n) is 7.04. The van der Waals surface area contributed by atoms with E-state index < -0.39 is 0 Å². The van der Waals surface area contributed by atoms with E-state index in [0.717, 1.165) is 59.2 Å². The summed E-state index contributed by atoms with van der Waals surface area (Å²) in [6.45, 7) is 3.34. The zero-order valence-electron chi connectivity index (χ0n) is 19.1. The summed E-state index contributed by atoms with van der Waals surface area (Å²) < 4.78 is 12.0. The first kappa shape index (κ1) is 21.5. The van der Waals surface area contributed by atoms with Crippen LogP contribution in [-0.4, -0.2) is 59.9 Å². The van der Waals surface area contributed by atoms with Crippen molar-refractivity contribution in [2.24, 2.45) is 5.92 Å². The van der Waals surface area contributed by atoms with Crippen molar-refractivity contribution in [1.82, 2.24) is 20.2 Å². The highest BCUT2D eigenvalue weighted by molar-refractivity contribution is 5.84. The fourth-order valence-electron chi connectivity index (χ4n) is 5.22. The lowest BCUT2D eigenvalue weighted by molar-refractivity contribution is -0.138. The number of carbonyl (C=O) groups excluding carboxylic acids is 1. The average molecular weight is 460 g/mol. The molecule has 1 amide bonds. The van der Waals surface area contributed by atoms with Crippen molar-refractivity contribution in [3.63, 3.8) is 0 Å². The molecule has 2 fully saturated rings. The van der Waals surface area contributed by atoms with Crippen LogP contribution in [0.2, 0.25) is 0 Å². The van der Waals surface area contributed by atoms with Crippen LogP contribution in [0.4, 0.5) is 5.69 Å². The fraction of sp³-hybridized carbons (Fsp3) is 0.423. The summed E-state index contributed by atoms with van der Waals surface area (Å²) in [5, 5.41) is 7.93. The summed E-state index contributed by atoms with van der Waals surface area (Å²) in [6, 6.07) is 12.2. The van der Waals surface area contributed by atoms with Crippen LogP contribution in [0.5, 0.6) is 0 Å². The van der Waals surface area contributed by atoms with Crippen molar-refractivity contribution in [3.8, 4) is 11.3 Å². The van der Waals surface area contributed by atoms with Gasteiger partial charge in [-0.3, -0.25) is 20.1 Å². The van der Waals surface area contributed by atoms with Gasteiger partial charge in [-0.25, -0.2) is 0 Å². The third kappa shape index (κ3) is 4.13. The molecule has 176 valence electrons. The molecule has 3 aliphatic heterocycles. The summed E-state index contributed by atoms with van der Waals surface area (Å²) in [5.41, 5.74) is 4.77. The predicted molar refractivity (Wildman–Crippen MR) is 129 cm³/mol. The normalized spacial score (nSPS) is 23.0. The molecule has 8 heteroatoms. The smallest absolute Gasteiger partial charge is 0.225 e. The molecule has 3 aromatic rings. The quantitative estimate of drug-likeness (QED) is 0.619. The number of carbonyl (C=O) groups is 1. The number of aromatic nitrogens is 2. The number of anilines is 1. The molecule has 34 heavy (non-hydrogen) atoms. The number of hydrogen-bond acceptors (Lipinski definition) is 7. The minimum absolute atomic E-state index is 0.0185. The molecular formula is C26H29N5O3. The predicted octanol–water partition coefficient (Wildman–Crippen LogP) is 3.31. The molecule has 0 bridgehead atoms. The van der Waals surface area contributed by atoms with E-state index in [1.165, 1.54) is 0 Å². The highest BCUT2D eigenvalue weighted by Gasteiger charge is 2.35. The number of hydrogen-bond donors (Lipinski definition) is 2. The number of nitrogens with one attached hydrogen (secondary N) is 2. The van der Waals surface area contributed by atoms with E-state index in [1.54, 1.807) is 0 Å². The Balaban J connectivity index is 1.23. The van der Waals surface area contributed by atoms with Gasteiger partial charge in [0.2, 0.25) is 5.91 Å². The van der Waals surface area contributed by atoms with Crippen molar-refractivity contribution in [2.75, 3.05) is 38.3 Å². The second-order valence-electron chi connectivity index (χ2n) is 9.19. The lowest BCUT2D eigenvalue weighted by Crippen LogP contribution is -2.39. The maximum atomic E-state index is 13.0. The number of rotatable bonds is 4. The number of ether oxygens (including phenoxy) is 2. The number of likely N-dealkylation sites (tertiary alicyclic amines) is 1. The van der Waals surface area contributed by atoms with Gasteiger partial charge in [-0.1, -0.05) is 18.2 Å². The Hall–Kier alpha value is -3.07. The second-order valence-corrected chi connectivity index (χ2v) is 9.19. The van der Waals surface area contributed by atoms with Gasteiger partial charge in [0.05, 0.1) is 24.0 Å². The van der Waals surface area contributed by atoms with Crippen LogP contribution >= 0.6 is 0 Å². The Morgan fingerprint density at radius 2 is 2.00 bits per heavy atom. The number of pyridine rings is 2. The van der Waals surface area contributed by atoms with E-state index in [0.29, 0.717) is 26.4 Å². The highest BCUT2D eigenvalue weighted by Crippen LogP contribution is 2.37. The Kier molecular flexibility index (Phi) is 5.86. The van der Waals surface area contributed by atoms with E-state index in [-0.39, 0.29) is 24.2 Å². The van der Waals surface area contributed by atoms with Crippen LogP contribution in [0.3, 0.4) is 0 Å². The second kappa shape index (κ2) is 9.29. The van der Waals surface area contributed by atoms with Gasteiger partial charge in [0, 0.05) is 66.8 Å². The number of amides is 1. The Labute approximate surface area is 198 Å². The Morgan fingerprint density at radius 1 is 1.12 bits per heavy atom. The molecule has 3 aliphatic rings. The molecule has 0 radical (unpaired) electrons. The maximum Gasteiger partial charge on any atom is 0.225 e. The summed E-state index contributed by atoms with van der Waals surface area (Å²) in [7, 11) is 0. The lowest BCUT2D eigenvalue weighted by Gasteiger charge is -2.32. The molecule has 0 spiro atoms. The van der Waals surface area contributed by atoms with Crippen LogP contribution in [0.15, 0.2) is 48.8 Å². The van der Waals surface area contributed by atoms with Crippen molar-refractivity contribution in [2.45, 2.75) is 31.6 Å². The zero-order chi connectivity index (χ0) is 22.9. The van der Waals surface area contributed by atoms with Crippen LogP contribution in [0.1, 0.15) is 31.1 Å². The van der Waals surface area contributed by atoms with Gasteiger partial charge < -0.3 is 19.7 Å². The van der Waals surface area contributed by atoms with Gasteiger partial charge in [0.1, 0.15) is 6.23 Å². The van der Waals surface area contributed by atoms with Crippen molar-refractivity contribution >= 4 is 22.5 Å². The first-order chi connectivity index (χ1) is 16.8. The molecule has 5 heterocycles. The van der Waals surface area contributed by atoms with Gasteiger partial charge in [-0.15, -0.1) is 0 Å². The third-order valence-corrected chi connectivity index (χ3v) is 7.04. The fourth-order valence-corrected chi connectivity index (χ4v) is 5.22. The lowest BCUT2D eigenvalue weighted by atomic mass is 9.99. The largest absolute Gasteiger partial charge is 0.381 e. The van der Waals surface area contributed by atoms with E-state index in [9.17, 15) is 4.79 Å². The van der Waals surface area contributed by atoms with Gasteiger partial charge in [0.25, 0.3) is 0 Å². The zero-order valence-corrected chi connectivity index (χ0v) is 19.1. The number of benzene rings is 1. The summed E-state index contributed by atoms with van der Waals surface area (Å²) in [4.78, 5) is 24.3. The molecule has 2 N–H and O–H groups in total. The molecule has 8 nitrogen and oxygen atoms in total. The first-order valence-corrected chi connectivity index (χ1v) is 12.1.